The van der Waals surface area contributed by atoms with Crippen molar-refractivity contribution in [3.63, 3.8) is 0 Å². The number of phenolic OH excluding ortho intramolecular Hbond substituents is 1. The molecule has 50 heavy (non-hydrogen) atoms. The number of rotatable bonds is 8. The van der Waals surface area contributed by atoms with Crippen LogP contribution in [0.5, 0.6) is 5.75 Å². The quantitative estimate of drug-likeness (QED) is 0.0594. The van der Waals surface area contributed by atoms with Crippen LogP contribution in [-0.2, 0) is 20.2 Å². The van der Waals surface area contributed by atoms with E-state index in [1.807, 2.05) is 13.0 Å². The molecule has 0 aliphatic rings. The fourth-order valence-corrected chi connectivity index (χ4v) is 7.04. The average molecular weight is 735 g/mol. The number of nitrogens with zero attached hydrogens (tertiary/aromatic N) is 6. The van der Waals surface area contributed by atoms with Crippen LogP contribution in [0.1, 0.15) is 11.1 Å². The lowest BCUT2D eigenvalue weighted by Gasteiger charge is -2.19. The highest BCUT2D eigenvalue weighted by molar-refractivity contribution is 7.86. The molecule has 15 nitrogen and oxygen atoms in total. The van der Waals surface area contributed by atoms with Gasteiger partial charge in [0.2, 0.25) is 17.2 Å². The van der Waals surface area contributed by atoms with Gasteiger partial charge in [0, 0.05) is 40.3 Å². The summed E-state index contributed by atoms with van der Waals surface area (Å²) in [6.07, 6.45) is 0. The molecular weight excluding hydrogens is 708 g/mol. The lowest BCUT2D eigenvalue weighted by atomic mass is 10.0. The highest BCUT2D eigenvalue weighted by Gasteiger charge is 2.24. The molecular formula is C32H27ClN8O7S2. The van der Waals surface area contributed by atoms with Crippen molar-refractivity contribution >= 4 is 93.7 Å². The zero-order valence-electron chi connectivity index (χ0n) is 26.4. The summed E-state index contributed by atoms with van der Waals surface area (Å²) in [6.45, 7) is 3.54. The van der Waals surface area contributed by atoms with E-state index in [1.165, 1.54) is 18.2 Å². The van der Waals surface area contributed by atoms with Gasteiger partial charge in [-0.15, -0.1) is 10.2 Å². The van der Waals surface area contributed by atoms with Crippen molar-refractivity contribution in [2.75, 3.05) is 23.0 Å². The summed E-state index contributed by atoms with van der Waals surface area (Å²) >= 11 is 6.24. The second kappa shape index (κ2) is 12.8. The normalized spacial score (nSPS) is 12.2. The van der Waals surface area contributed by atoms with E-state index in [2.05, 4.69) is 30.5 Å². The second-order valence-corrected chi connectivity index (χ2v) is 14.3. The van der Waals surface area contributed by atoms with Crippen molar-refractivity contribution in [3.05, 3.63) is 89.2 Å². The molecule has 0 bridgehead atoms. The zero-order valence-corrected chi connectivity index (χ0v) is 28.7. The first-order valence-corrected chi connectivity index (χ1v) is 17.7. The lowest BCUT2D eigenvalue weighted by molar-refractivity contribution is 0.481. The fraction of sp³-hybridized carbons (Fsp3) is 0.0938. The van der Waals surface area contributed by atoms with E-state index in [4.69, 9.17) is 17.3 Å². The SMILES string of the molecule is Cc1cc(Nc2nc(Cl)nc(N(C)c3ccc4c(O)c(N=Nc5ccc6c(S(=O)(=O)O)cccc6c5S(=O)(=O)O)c(C)cc4c3)n2)ccc1N. The molecule has 0 saturated heterocycles. The fourth-order valence-electron chi connectivity index (χ4n) is 5.35. The molecule has 0 unspecified atom stereocenters. The van der Waals surface area contributed by atoms with Gasteiger partial charge < -0.3 is 21.1 Å². The van der Waals surface area contributed by atoms with Crippen molar-refractivity contribution in [1.82, 2.24) is 15.0 Å². The number of halogens is 1. The number of anilines is 5. The number of hydrogen-bond donors (Lipinski definition) is 5. The Bertz CT molecular complexity index is 2620. The van der Waals surface area contributed by atoms with Gasteiger partial charge >= 0.3 is 0 Å². The van der Waals surface area contributed by atoms with Gasteiger partial charge in [0.25, 0.3) is 20.2 Å². The van der Waals surface area contributed by atoms with Gasteiger partial charge in [0.1, 0.15) is 21.2 Å². The minimum atomic E-state index is -4.97. The molecule has 0 spiro atoms. The number of aromatic nitrogens is 3. The van der Waals surface area contributed by atoms with Crippen molar-refractivity contribution < 1.29 is 31.0 Å². The summed E-state index contributed by atoms with van der Waals surface area (Å²) in [5.74, 6) is 0.191. The van der Waals surface area contributed by atoms with Crippen molar-refractivity contribution in [3.8, 4) is 5.75 Å². The largest absolute Gasteiger partial charge is 0.505 e. The van der Waals surface area contributed by atoms with Crippen LogP contribution < -0.4 is 16.0 Å². The molecule has 0 radical (unpaired) electrons. The van der Waals surface area contributed by atoms with E-state index in [9.17, 15) is 31.0 Å². The molecule has 0 saturated carbocycles. The van der Waals surface area contributed by atoms with Crippen LogP contribution in [0.3, 0.4) is 0 Å². The van der Waals surface area contributed by atoms with Crippen molar-refractivity contribution in [2.45, 2.75) is 23.6 Å². The Morgan fingerprint density at radius 3 is 2.26 bits per heavy atom. The van der Waals surface area contributed by atoms with Crippen LogP contribution in [-0.4, -0.2) is 53.0 Å². The Hall–Kier alpha value is -5.46. The first-order valence-electron chi connectivity index (χ1n) is 14.5. The Balaban J connectivity index is 1.35. The third kappa shape index (κ3) is 6.72. The summed E-state index contributed by atoms with van der Waals surface area (Å²) in [5.41, 5.74) is 8.94. The molecule has 6 N–H and O–H groups in total. The molecule has 256 valence electrons. The minimum absolute atomic E-state index is 0.0181. The predicted octanol–water partition coefficient (Wildman–Crippen LogP) is 7.16. The van der Waals surface area contributed by atoms with Crippen LogP contribution in [0.2, 0.25) is 5.28 Å². The van der Waals surface area contributed by atoms with E-state index < -0.39 is 30.0 Å². The third-order valence-electron chi connectivity index (χ3n) is 7.81. The maximum absolute atomic E-state index is 12.4. The van der Waals surface area contributed by atoms with E-state index in [0.717, 1.165) is 17.7 Å². The van der Waals surface area contributed by atoms with Gasteiger partial charge in [-0.05, 0) is 96.6 Å². The second-order valence-electron chi connectivity index (χ2n) is 11.2. The third-order valence-corrected chi connectivity index (χ3v) is 9.84. The summed E-state index contributed by atoms with van der Waals surface area (Å²) in [6, 6.07) is 18.2. The molecule has 1 aromatic heterocycles. The Morgan fingerprint density at radius 2 is 1.56 bits per heavy atom. The molecule has 18 heteroatoms. The average Bonchev–Trinajstić information content (AvgIpc) is 3.04. The maximum Gasteiger partial charge on any atom is 0.297 e. The van der Waals surface area contributed by atoms with Crippen LogP contribution in [0.4, 0.5) is 40.3 Å². The zero-order chi connectivity index (χ0) is 36.1. The van der Waals surface area contributed by atoms with E-state index in [-0.39, 0.29) is 45.1 Å². The highest BCUT2D eigenvalue weighted by atomic mass is 35.5. The Morgan fingerprint density at radius 1 is 0.820 bits per heavy atom. The van der Waals surface area contributed by atoms with Gasteiger partial charge in [-0.3, -0.25) is 9.11 Å². The molecule has 6 rings (SSSR count). The Labute approximate surface area is 290 Å². The van der Waals surface area contributed by atoms with Crippen LogP contribution in [0, 0.1) is 13.8 Å². The van der Waals surface area contributed by atoms with E-state index in [0.29, 0.717) is 33.4 Å². The lowest BCUT2D eigenvalue weighted by Crippen LogP contribution is -2.15. The number of nitrogens with one attached hydrogen (secondary N) is 1. The number of benzene rings is 5. The molecule has 1 heterocycles. The van der Waals surface area contributed by atoms with Crippen LogP contribution >= 0.6 is 11.6 Å². The molecule has 5 aromatic carbocycles. The summed E-state index contributed by atoms with van der Waals surface area (Å²) in [5, 5.41) is 23.1. The smallest absolute Gasteiger partial charge is 0.297 e. The molecule has 0 atom stereocenters. The number of hydrogen-bond acceptors (Lipinski definition) is 13. The molecule has 6 aromatic rings. The van der Waals surface area contributed by atoms with Crippen molar-refractivity contribution in [2.24, 2.45) is 10.2 Å². The number of phenols is 1. The summed E-state index contributed by atoms with van der Waals surface area (Å²) in [7, 11) is -7.96. The minimum Gasteiger partial charge on any atom is -0.505 e. The monoisotopic (exact) mass is 734 g/mol. The topological polar surface area (TPSA) is 234 Å². The summed E-state index contributed by atoms with van der Waals surface area (Å²) < 4.78 is 68.3. The van der Waals surface area contributed by atoms with Crippen LogP contribution in [0.25, 0.3) is 21.5 Å². The number of azo groups is 1. The first kappa shape index (κ1) is 34.4. The standard InChI is InChI=1S/C32H27ClN8O7S2/c1-16-14-19(7-11-24(16)34)35-31-36-30(33)37-32(38-31)41(3)20-8-9-21-18(15-20)13-17(2)27(28(21)42)40-39-25-12-10-22-23(29(25)50(46,47)48)5-4-6-26(22)49(43,44)45/h4-15,42H,34H2,1-3H3,(H,43,44,45)(H,46,47,48)(H,35,36,37,38). The molecule has 0 aliphatic carbocycles. The first-order chi connectivity index (χ1) is 23.5. The molecule has 0 aliphatic heterocycles. The van der Waals surface area contributed by atoms with Gasteiger partial charge in [0.15, 0.2) is 5.75 Å². The van der Waals surface area contributed by atoms with Crippen LogP contribution in [0.15, 0.2) is 92.8 Å². The highest BCUT2D eigenvalue weighted by Crippen LogP contribution is 2.42. The number of aryl methyl sites for hydroxylation is 2. The van der Waals surface area contributed by atoms with Gasteiger partial charge in [0.05, 0.1) is 0 Å². The van der Waals surface area contributed by atoms with Gasteiger partial charge in [-0.25, -0.2) is 0 Å². The van der Waals surface area contributed by atoms with E-state index in [1.54, 1.807) is 55.3 Å². The molecule has 0 amide bonds. The Kier molecular flexibility index (Phi) is 8.79. The van der Waals surface area contributed by atoms with Gasteiger partial charge in [-0.1, -0.05) is 18.2 Å². The predicted molar refractivity (Wildman–Crippen MR) is 190 cm³/mol. The number of fused-ring (bicyclic) bond motifs is 2. The maximum atomic E-state index is 12.4. The number of aromatic hydroxyl groups is 1. The number of nitrogens with two attached hydrogens (primary N) is 1. The summed E-state index contributed by atoms with van der Waals surface area (Å²) in [4.78, 5) is 13.3. The molecule has 0 fully saturated rings. The van der Waals surface area contributed by atoms with Gasteiger partial charge in [-0.2, -0.15) is 31.8 Å². The van der Waals surface area contributed by atoms with E-state index >= 15 is 0 Å². The number of nitrogen functional groups attached to an aromatic ring is 1. The van der Waals surface area contributed by atoms with Crippen molar-refractivity contribution in [1.29, 1.82) is 0 Å².